The lowest BCUT2D eigenvalue weighted by Crippen LogP contribution is -2.70. The zero-order valence-corrected chi connectivity index (χ0v) is 12.9. The van der Waals surface area contributed by atoms with Crippen LogP contribution in [-0.4, -0.2) is 46.3 Å². The van der Waals surface area contributed by atoms with Crippen molar-refractivity contribution in [2.75, 3.05) is 12.0 Å². The highest BCUT2D eigenvalue weighted by Crippen LogP contribution is 2.35. The second-order valence-electron chi connectivity index (χ2n) is 5.68. The van der Waals surface area contributed by atoms with Gasteiger partial charge in [0, 0.05) is 11.8 Å². The Kier molecular flexibility index (Phi) is 4.43. The third-order valence-corrected chi connectivity index (χ3v) is 5.20. The van der Waals surface area contributed by atoms with E-state index in [-0.39, 0.29) is 23.9 Å². The van der Waals surface area contributed by atoms with Gasteiger partial charge in [0.1, 0.15) is 11.6 Å². The van der Waals surface area contributed by atoms with Crippen LogP contribution in [0.3, 0.4) is 0 Å². The first-order valence-corrected chi connectivity index (χ1v) is 8.59. The van der Waals surface area contributed by atoms with Gasteiger partial charge in [0.2, 0.25) is 11.8 Å². The van der Waals surface area contributed by atoms with E-state index < -0.39 is 5.54 Å². The van der Waals surface area contributed by atoms with Crippen LogP contribution in [0.4, 0.5) is 0 Å². The van der Waals surface area contributed by atoms with E-state index in [1.165, 1.54) is 0 Å². The SMILES string of the molecule is CCC(CSC)N1C(=O)C2(CCCC2)NC(=O)C1C. The summed E-state index contributed by atoms with van der Waals surface area (Å²) < 4.78 is 0. The molecule has 2 aliphatic rings. The maximum absolute atomic E-state index is 12.9. The van der Waals surface area contributed by atoms with Gasteiger partial charge in [-0.3, -0.25) is 9.59 Å². The Morgan fingerprint density at radius 2 is 2.05 bits per heavy atom. The molecule has 0 radical (unpaired) electrons. The van der Waals surface area contributed by atoms with Crippen LogP contribution in [0, 0.1) is 0 Å². The van der Waals surface area contributed by atoms with E-state index in [9.17, 15) is 9.59 Å². The molecule has 1 heterocycles. The second kappa shape index (κ2) is 5.73. The fourth-order valence-electron chi connectivity index (χ4n) is 3.33. The lowest BCUT2D eigenvalue weighted by atomic mass is 9.90. The molecule has 1 N–H and O–H groups in total. The number of hydrogen-bond acceptors (Lipinski definition) is 3. The van der Waals surface area contributed by atoms with Crippen molar-refractivity contribution in [3.8, 4) is 0 Å². The minimum atomic E-state index is -0.588. The van der Waals surface area contributed by atoms with Crippen molar-refractivity contribution in [1.82, 2.24) is 10.2 Å². The van der Waals surface area contributed by atoms with Crippen LogP contribution >= 0.6 is 11.8 Å². The molecule has 1 saturated carbocycles. The van der Waals surface area contributed by atoms with Crippen molar-refractivity contribution in [1.29, 1.82) is 0 Å². The molecule has 0 aromatic rings. The smallest absolute Gasteiger partial charge is 0.249 e. The van der Waals surface area contributed by atoms with Gasteiger partial charge in [-0.1, -0.05) is 19.8 Å². The molecule has 108 valence electrons. The number of hydrogen-bond donors (Lipinski definition) is 1. The first kappa shape index (κ1) is 14.7. The van der Waals surface area contributed by atoms with Gasteiger partial charge in [-0.25, -0.2) is 0 Å². The summed E-state index contributed by atoms with van der Waals surface area (Å²) in [7, 11) is 0. The number of rotatable bonds is 4. The van der Waals surface area contributed by atoms with Gasteiger partial charge in [0.05, 0.1) is 0 Å². The first-order chi connectivity index (χ1) is 9.05. The number of nitrogens with zero attached hydrogens (tertiary/aromatic N) is 1. The Labute approximate surface area is 119 Å². The summed E-state index contributed by atoms with van der Waals surface area (Å²) in [6, 6.07) is -0.170. The number of nitrogens with one attached hydrogen (secondary N) is 1. The molecular weight excluding hydrogens is 260 g/mol. The molecule has 1 aliphatic heterocycles. The third-order valence-electron chi connectivity index (χ3n) is 4.48. The molecule has 0 aromatic heterocycles. The van der Waals surface area contributed by atoms with E-state index >= 15 is 0 Å². The molecule has 1 spiro atoms. The maximum atomic E-state index is 12.9. The third kappa shape index (κ3) is 2.49. The Balaban J connectivity index is 2.28. The molecule has 4 nitrogen and oxygen atoms in total. The molecule has 2 rings (SSSR count). The second-order valence-corrected chi connectivity index (χ2v) is 6.59. The molecule has 1 saturated heterocycles. The normalized spacial score (nSPS) is 27.7. The van der Waals surface area contributed by atoms with Crippen LogP contribution in [0.2, 0.25) is 0 Å². The predicted molar refractivity (Wildman–Crippen MR) is 78.1 cm³/mol. The molecule has 5 heteroatoms. The lowest BCUT2D eigenvalue weighted by Gasteiger charge is -2.46. The van der Waals surface area contributed by atoms with E-state index in [1.807, 2.05) is 18.1 Å². The molecule has 1 aliphatic carbocycles. The molecule has 2 fully saturated rings. The van der Waals surface area contributed by atoms with Gasteiger partial charge in [-0.15, -0.1) is 0 Å². The van der Waals surface area contributed by atoms with E-state index in [0.29, 0.717) is 0 Å². The minimum absolute atomic E-state index is 0.0149. The monoisotopic (exact) mass is 284 g/mol. The summed E-state index contributed by atoms with van der Waals surface area (Å²) >= 11 is 1.74. The van der Waals surface area contributed by atoms with E-state index in [0.717, 1.165) is 37.9 Å². The number of piperazine rings is 1. The van der Waals surface area contributed by atoms with Gasteiger partial charge in [-0.2, -0.15) is 11.8 Å². The molecule has 0 aromatic carbocycles. The van der Waals surface area contributed by atoms with Crippen LogP contribution < -0.4 is 5.32 Å². The Hall–Kier alpha value is -0.710. The van der Waals surface area contributed by atoms with Gasteiger partial charge in [0.15, 0.2) is 0 Å². The van der Waals surface area contributed by atoms with Crippen molar-refractivity contribution in [3.63, 3.8) is 0 Å². The number of carbonyl (C=O) groups excluding carboxylic acids is 2. The van der Waals surface area contributed by atoms with Gasteiger partial charge >= 0.3 is 0 Å². The van der Waals surface area contributed by atoms with Crippen molar-refractivity contribution < 1.29 is 9.59 Å². The summed E-state index contributed by atoms with van der Waals surface area (Å²) in [5.41, 5.74) is -0.588. The highest BCUT2D eigenvalue weighted by molar-refractivity contribution is 7.98. The van der Waals surface area contributed by atoms with Crippen molar-refractivity contribution in [3.05, 3.63) is 0 Å². The van der Waals surface area contributed by atoms with Crippen LogP contribution in [0.5, 0.6) is 0 Å². The summed E-state index contributed by atoms with van der Waals surface area (Å²) in [6.07, 6.45) is 6.63. The fourth-order valence-corrected chi connectivity index (χ4v) is 4.11. The molecule has 0 bridgehead atoms. The lowest BCUT2D eigenvalue weighted by molar-refractivity contribution is -0.156. The summed E-state index contributed by atoms with van der Waals surface area (Å²) in [4.78, 5) is 27.0. The molecule has 19 heavy (non-hydrogen) atoms. The average Bonchev–Trinajstić information content (AvgIpc) is 2.85. The predicted octanol–water partition coefficient (Wildman–Crippen LogP) is 1.79. The van der Waals surface area contributed by atoms with Gasteiger partial charge in [-0.05, 0) is 32.4 Å². The summed E-state index contributed by atoms with van der Waals surface area (Å²) in [5, 5.41) is 3.01. The largest absolute Gasteiger partial charge is 0.340 e. The highest BCUT2D eigenvalue weighted by atomic mass is 32.2. The maximum Gasteiger partial charge on any atom is 0.249 e. The van der Waals surface area contributed by atoms with Crippen LogP contribution in [0.25, 0.3) is 0 Å². The average molecular weight is 284 g/mol. The van der Waals surface area contributed by atoms with Crippen molar-refractivity contribution >= 4 is 23.6 Å². The first-order valence-electron chi connectivity index (χ1n) is 7.19. The quantitative estimate of drug-likeness (QED) is 0.856. The Morgan fingerprint density at radius 1 is 1.42 bits per heavy atom. The number of thioether (sulfide) groups is 1. The zero-order chi connectivity index (χ0) is 14.0. The Bertz CT molecular complexity index is 366. The standard InChI is InChI=1S/C14H24N2O2S/c1-4-11(9-19-3)16-10(2)12(17)15-14(13(16)18)7-5-6-8-14/h10-11H,4-9H2,1-3H3,(H,15,17). The van der Waals surface area contributed by atoms with E-state index in [1.54, 1.807) is 11.8 Å². The van der Waals surface area contributed by atoms with Crippen LogP contribution in [0.15, 0.2) is 0 Å². The fraction of sp³-hybridized carbons (Fsp3) is 0.857. The van der Waals surface area contributed by atoms with Crippen molar-refractivity contribution in [2.45, 2.75) is 63.6 Å². The summed E-state index contributed by atoms with van der Waals surface area (Å²) in [5.74, 6) is 1.06. The molecular formula is C14H24N2O2S. The van der Waals surface area contributed by atoms with Gasteiger partial charge < -0.3 is 10.2 Å². The van der Waals surface area contributed by atoms with E-state index in [2.05, 4.69) is 12.2 Å². The van der Waals surface area contributed by atoms with E-state index in [4.69, 9.17) is 0 Å². The molecule has 2 amide bonds. The number of carbonyl (C=O) groups is 2. The van der Waals surface area contributed by atoms with Crippen LogP contribution in [-0.2, 0) is 9.59 Å². The Morgan fingerprint density at radius 3 is 2.58 bits per heavy atom. The van der Waals surface area contributed by atoms with Crippen LogP contribution in [0.1, 0.15) is 46.0 Å². The van der Waals surface area contributed by atoms with Crippen molar-refractivity contribution in [2.24, 2.45) is 0 Å². The highest BCUT2D eigenvalue weighted by Gasteiger charge is 2.52. The summed E-state index contributed by atoms with van der Waals surface area (Å²) in [6.45, 7) is 3.94. The molecule has 2 atom stereocenters. The minimum Gasteiger partial charge on any atom is -0.340 e. The zero-order valence-electron chi connectivity index (χ0n) is 12.1. The van der Waals surface area contributed by atoms with Gasteiger partial charge in [0.25, 0.3) is 0 Å². The topological polar surface area (TPSA) is 49.4 Å². The molecule has 2 unspecified atom stereocenters. The number of amides is 2.